The number of aromatic nitrogens is 1. The van der Waals surface area contributed by atoms with E-state index >= 15 is 0 Å². The molecule has 0 bridgehead atoms. The molecule has 148 valence electrons. The summed E-state index contributed by atoms with van der Waals surface area (Å²) in [6.07, 6.45) is 1.32. The number of hydrogen-bond acceptors (Lipinski definition) is 6. The fourth-order valence-corrected chi connectivity index (χ4v) is 5.55. The van der Waals surface area contributed by atoms with Crippen LogP contribution in [0, 0.1) is 13.8 Å². The predicted molar refractivity (Wildman–Crippen MR) is 113 cm³/mol. The van der Waals surface area contributed by atoms with Crippen molar-refractivity contribution in [1.29, 1.82) is 0 Å². The van der Waals surface area contributed by atoms with Crippen molar-refractivity contribution in [3.8, 4) is 0 Å². The fraction of sp³-hybridized carbons (Fsp3) is 0.143. The van der Waals surface area contributed by atoms with Gasteiger partial charge >= 0.3 is 0 Å². The second kappa shape index (κ2) is 7.46. The summed E-state index contributed by atoms with van der Waals surface area (Å²) in [5.74, 6) is -0.882. The van der Waals surface area contributed by atoms with Crippen LogP contribution < -0.4 is 5.32 Å². The summed E-state index contributed by atoms with van der Waals surface area (Å²) in [4.78, 5) is 17.4. The molecule has 0 aliphatic carbocycles. The van der Waals surface area contributed by atoms with E-state index in [0.717, 1.165) is 21.3 Å². The maximum atomic E-state index is 12.7. The van der Waals surface area contributed by atoms with Crippen LogP contribution in [0.3, 0.4) is 0 Å². The van der Waals surface area contributed by atoms with Crippen LogP contribution in [-0.4, -0.2) is 19.3 Å². The van der Waals surface area contributed by atoms with Crippen molar-refractivity contribution in [3.05, 3.63) is 77.2 Å². The zero-order chi connectivity index (χ0) is 20.6. The molecule has 0 unspecified atom stereocenters. The Hall–Kier alpha value is -2.97. The van der Waals surface area contributed by atoms with Gasteiger partial charge in [-0.25, -0.2) is 13.4 Å². The maximum absolute atomic E-state index is 12.7. The monoisotopic (exact) mass is 426 g/mol. The number of anilines is 1. The summed E-state index contributed by atoms with van der Waals surface area (Å²) in [5, 5.41) is 3.16. The average molecular weight is 427 g/mol. The van der Waals surface area contributed by atoms with Gasteiger partial charge in [-0.1, -0.05) is 35.6 Å². The van der Waals surface area contributed by atoms with Crippen molar-refractivity contribution in [2.45, 2.75) is 24.5 Å². The Morgan fingerprint density at radius 1 is 1.14 bits per heavy atom. The standard InChI is InChI=1S/C21H18N2O4S2/c1-13-10-14(2)18-17(11-13)28-21(22-18)23-20(24)19-15(8-9-27-19)12-29(25,26)16-6-4-3-5-7-16/h3-11H,12H2,1-2H3,(H,22,23,24). The lowest BCUT2D eigenvalue weighted by atomic mass is 10.1. The third-order valence-corrected chi connectivity index (χ3v) is 7.05. The summed E-state index contributed by atoms with van der Waals surface area (Å²) < 4.78 is 31.5. The Kier molecular flexibility index (Phi) is 4.97. The van der Waals surface area contributed by atoms with Gasteiger partial charge in [0.2, 0.25) is 0 Å². The van der Waals surface area contributed by atoms with Gasteiger partial charge in [0.1, 0.15) is 0 Å². The highest BCUT2D eigenvalue weighted by Crippen LogP contribution is 2.30. The van der Waals surface area contributed by atoms with Gasteiger partial charge in [-0.15, -0.1) is 0 Å². The van der Waals surface area contributed by atoms with E-state index in [4.69, 9.17) is 4.42 Å². The first-order valence-corrected chi connectivity index (χ1v) is 11.3. The maximum Gasteiger partial charge on any atom is 0.293 e. The molecule has 0 saturated heterocycles. The van der Waals surface area contributed by atoms with E-state index in [2.05, 4.69) is 10.3 Å². The Morgan fingerprint density at radius 3 is 2.66 bits per heavy atom. The number of sulfone groups is 1. The lowest BCUT2D eigenvalue weighted by molar-refractivity contribution is 0.0996. The zero-order valence-electron chi connectivity index (χ0n) is 15.8. The number of carbonyl (C=O) groups is 1. The van der Waals surface area contributed by atoms with Gasteiger partial charge in [-0.05, 0) is 49.2 Å². The number of fused-ring (bicyclic) bond motifs is 1. The molecule has 0 spiro atoms. The number of hydrogen-bond donors (Lipinski definition) is 1. The number of carbonyl (C=O) groups excluding carboxylic acids is 1. The largest absolute Gasteiger partial charge is 0.459 e. The summed E-state index contributed by atoms with van der Waals surface area (Å²) >= 11 is 1.36. The van der Waals surface area contributed by atoms with Gasteiger partial charge in [-0.3, -0.25) is 10.1 Å². The molecule has 2 aromatic heterocycles. The summed E-state index contributed by atoms with van der Waals surface area (Å²) in [5.41, 5.74) is 3.29. The van der Waals surface area contributed by atoms with E-state index in [9.17, 15) is 13.2 Å². The summed E-state index contributed by atoms with van der Waals surface area (Å²) in [6.45, 7) is 3.98. The van der Waals surface area contributed by atoms with E-state index in [0.29, 0.717) is 10.7 Å². The van der Waals surface area contributed by atoms with Crippen LogP contribution in [0.1, 0.15) is 27.2 Å². The van der Waals surface area contributed by atoms with Crippen molar-refractivity contribution in [2.75, 3.05) is 5.32 Å². The lowest BCUT2D eigenvalue weighted by Crippen LogP contribution is -2.14. The third-order valence-electron chi connectivity index (χ3n) is 4.45. The SMILES string of the molecule is Cc1cc(C)c2nc(NC(=O)c3occc3CS(=O)(=O)c3ccccc3)sc2c1. The van der Waals surface area contributed by atoms with Crippen molar-refractivity contribution in [2.24, 2.45) is 0 Å². The number of furan rings is 1. The van der Waals surface area contributed by atoms with Gasteiger partial charge in [0, 0.05) is 5.56 Å². The van der Waals surface area contributed by atoms with Gasteiger partial charge in [0.25, 0.3) is 5.91 Å². The second-order valence-electron chi connectivity index (χ2n) is 6.75. The number of thiazole rings is 1. The van der Waals surface area contributed by atoms with Crippen LogP contribution in [0.25, 0.3) is 10.2 Å². The third kappa shape index (κ3) is 3.94. The van der Waals surface area contributed by atoms with Crippen molar-refractivity contribution in [1.82, 2.24) is 4.98 Å². The molecule has 2 aromatic carbocycles. The smallest absolute Gasteiger partial charge is 0.293 e. The molecule has 2 heterocycles. The van der Waals surface area contributed by atoms with E-state index in [1.807, 2.05) is 26.0 Å². The van der Waals surface area contributed by atoms with Gasteiger partial charge in [0.05, 0.1) is 27.1 Å². The van der Waals surface area contributed by atoms with Crippen molar-refractivity contribution in [3.63, 3.8) is 0 Å². The first kappa shape index (κ1) is 19.4. The molecular weight excluding hydrogens is 408 g/mol. The molecule has 6 nitrogen and oxygen atoms in total. The lowest BCUT2D eigenvalue weighted by Gasteiger charge is -2.05. The van der Waals surface area contributed by atoms with Crippen LogP contribution in [-0.2, 0) is 15.6 Å². The highest BCUT2D eigenvalue weighted by molar-refractivity contribution is 7.90. The minimum Gasteiger partial charge on any atom is -0.459 e. The average Bonchev–Trinajstić information content (AvgIpc) is 3.28. The Labute approximate surface area is 172 Å². The topological polar surface area (TPSA) is 89.3 Å². The van der Waals surface area contributed by atoms with Crippen molar-refractivity contribution < 1.29 is 17.6 Å². The number of nitrogens with one attached hydrogen (secondary N) is 1. The molecule has 0 fully saturated rings. The fourth-order valence-electron chi connectivity index (χ4n) is 3.14. The van der Waals surface area contributed by atoms with E-state index < -0.39 is 15.7 Å². The van der Waals surface area contributed by atoms with E-state index in [1.54, 1.807) is 18.2 Å². The van der Waals surface area contributed by atoms with Gasteiger partial charge < -0.3 is 4.42 Å². The van der Waals surface area contributed by atoms with Crippen LogP contribution in [0.15, 0.2) is 64.1 Å². The minimum atomic E-state index is -3.60. The van der Waals surface area contributed by atoms with Crippen molar-refractivity contribution >= 4 is 42.4 Å². The Morgan fingerprint density at radius 2 is 1.90 bits per heavy atom. The number of benzene rings is 2. The highest BCUT2D eigenvalue weighted by Gasteiger charge is 2.23. The van der Waals surface area contributed by atoms with Gasteiger partial charge in [-0.2, -0.15) is 0 Å². The highest BCUT2D eigenvalue weighted by atomic mass is 32.2. The molecule has 4 rings (SSSR count). The number of rotatable bonds is 5. The molecule has 0 radical (unpaired) electrons. The van der Waals surface area contributed by atoms with Gasteiger partial charge in [0.15, 0.2) is 20.7 Å². The molecule has 0 aliphatic heterocycles. The first-order valence-electron chi connectivity index (χ1n) is 8.87. The Bertz CT molecular complexity index is 1310. The number of nitrogens with zero attached hydrogens (tertiary/aromatic N) is 1. The van der Waals surface area contributed by atoms with Crippen LogP contribution >= 0.6 is 11.3 Å². The predicted octanol–water partition coefficient (Wildman–Crippen LogP) is 4.73. The second-order valence-corrected chi connectivity index (χ2v) is 9.77. The van der Waals surface area contributed by atoms with E-state index in [-0.39, 0.29) is 16.4 Å². The molecule has 29 heavy (non-hydrogen) atoms. The molecule has 0 saturated carbocycles. The summed E-state index contributed by atoms with van der Waals surface area (Å²) in [7, 11) is -3.60. The number of amides is 1. The van der Waals surface area contributed by atoms with E-state index in [1.165, 1.54) is 35.8 Å². The minimum absolute atomic E-state index is 0.0309. The molecule has 0 atom stereocenters. The molecule has 4 aromatic rings. The van der Waals surface area contributed by atoms with Crippen LogP contribution in [0.2, 0.25) is 0 Å². The van der Waals surface area contributed by atoms with Crippen LogP contribution in [0.4, 0.5) is 5.13 Å². The Balaban J connectivity index is 1.58. The molecule has 0 aliphatic rings. The van der Waals surface area contributed by atoms with Crippen LogP contribution in [0.5, 0.6) is 0 Å². The first-order chi connectivity index (χ1) is 13.8. The zero-order valence-corrected chi connectivity index (χ0v) is 17.4. The molecule has 8 heteroatoms. The number of aryl methyl sites for hydroxylation is 2. The quantitative estimate of drug-likeness (QED) is 0.498. The molecule has 1 N–H and O–H groups in total. The molecular formula is C21H18N2O4S2. The molecule has 1 amide bonds. The summed E-state index contributed by atoms with van der Waals surface area (Å²) in [6, 6.07) is 13.7. The normalized spacial score (nSPS) is 11.7.